The Hall–Kier alpha value is 0.960. The highest BCUT2D eigenvalue weighted by Gasteiger charge is 1.00. The SMILES string of the molecule is BrBr.C.C.C.C.C.C.C.C.C.C.C.C.C.C.C.C. The van der Waals surface area contributed by atoms with Crippen LogP contribution in [0, 0.1) is 0 Å². The van der Waals surface area contributed by atoms with Gasteiger partial charge in [0, 0.05) is 28.3 Å². The molecule has 0 heterocycles. The van der Waals surface area contributed by atoms with Gasteiger partial charge in [-0.25, -0.2) is 0 Å². The van der Waals surface area contributed by atoms with Crippen LogP contribution in [0.3, 0.4) is 0 Å². The third-order valence-corrected chi connectivity index (χ3v) is 0. The van der Waals surface area contributed by atoms with Crippen molar-refractivity contribution in [3.05, 3.63) is 0 Å². The molecule has 142 valence electrons. The normalized spacial score (nSPS) is 0.333. The number of rotatable bonds is 0. The van der Waals surface area contributed by atoms with Gasteiger partial charge in [0.25, 0.3) is 0 Å². The Morgan fingerprint density at radius 2 is 0.167 bits per heavy atom. The summed E-state index contributed by atoms with van der Waals surface area (Å²) in [5.41, 5.74) is 0. The molecule has 0 aromatic rings. The molecule has 0 saturated carbocycles. The van der Waals surface area contributed by atoms with Crippen LogP contribution in [0.5, 0.6) is 0 Å². The average molecular weight is 416 g/mol. The quantitative estimate of drug-likeness (QED) is 0.368. The van der Waals surface area contributed by atoms with Gasteiger partial charge < -0.3 is 0 Å². The molecule has 0 radical (unpaired) electrons. The summed E-state index contributed by atoms with van der Waals surface area (Å²) in [7, 11) is 0. The molecule has 0 aliphatic rings. The highest BCUT2D eigenvalue weighted by Crippen LogP contribution is 1.85. The van der Waals surface area contributed by atoms with Crippen molar-refractivity contribution in [2.45, 2.75) is 119 Å². The van der Waals surface area contributed by atoms with Crippen LogP contribution in [-0.2, 0) is 0 Å². The monoisotopic (exact) mass is 414 g/mol. The van der Waals surface area contributed by atoms with Crippen molar-refractivity contribution in [1.29, 1.82) is 0 Å². The second-order valence-electron chi connectivity index (χ2n) is 0. The van der Waals surface area contributed by atoms with Crippen LogP contribution in [-0.4, -0.2) is 0 Å². The predicted octanol–water partition coefficient (Wildman–Crippen LogP) is 11.9. The number of halogens is 2. The predicted molar refractivity (Wildman–Crippen MR) is 126 cm³/mol. The maximum absolute atomic E-state index is 2.75. The summed E-state index contributed by atoms with van der Waals surface area (Å²) in [6.07, 6.45) is 0. The lowest BCUT2D eigenvalue weighted by molar-refractivity contribution is 2.50. The minimum atomic E-state index is 0. The minimum Gasteiger partial charge on any atom is -0.0776 e. The zero-order valence-electron chi connectivity index (χ0n) is 0.756. The van der Waals surface area contributed by atoms with Gasteiger partial charge in [-0.3, -0.25) is 0 Å². The van der Waals surface area contributed by atoms with E-state index in [9.17, 15) is 0 Å². The summed E-state index contributed by atoms with van der Waals surface area (Å²) in [5, 5.41) is 0. The van der Waals surface area contributed by atoms with Crippen LogP contribution in [0.4, 0.5) is 0 Å². The van der Waals surface area contributed by atoms with Gasteiger partial charge in [0.05, 0.1) is 0 Å². The van der Waals surface area contributed by atoms with Gasteiger partial charge in [0.15, 0.2) is 0 Å². The summed E-state index contributed by atoms with van der Waals surface area (Å²) >= 11 is 5.50. The van der Waals surface area contributed by atoms with E-state index in [0.717, 1.165) is 0 Å². The fraction of sp³-hybridized carbons (Fsp3) is 1.00. The summed E-state index contributed by atoms with van der Waals surface area (Å²) in [5.74, 6) is 0. The molecule has 18 heavy (non-hydrogen) atoms. The van der Waals surface area contributed by atoms with E-state index in [1.807, 2.05) is 0 Å². The second kappa shape index (κ2) is 5610. The molecular formula is C16H64Br2. The summed E-state index contributed by atoms with van der Waals surface area (Å²) in [6.45, 7) is 0. The smallest absolute Gasteiger partial charge is 0 e. The van der Waals surface area contributed by atoms with Gasteiger partial charge in [0.2, 0.25) is 0 Å². The Labute approximate surface area is 147 Å². The highest BCUT2D eigenvalue weighted by molar-refractivity contribution is 9.93. The number of hydrogen-bond donors (Lipinski definition) is 0. The molecule has 0 aliphatic carbocycles. The molecule has 0 N–H and O–H groups in total. The van der Waals surface area contributed by atoms with Gasteiger partial charge in [-0.2, -0.15) is 0 Å². The van der Waals surface area contributed by atoms with Crippen LogP contribution < -0.4 is 0 Å². The maximum atomic E-state index is 2.75. The minimum absolute atomic E-state index is 0. The molecule has 0 aliphatic heterocycles. The first-order valence-electron chi connectivity index (χ1n) is 0.143. The molecule has 0 aromatic carbocycles. The van der Waals surface area contributed by atoms with Gasteiger partial charge in [-0.05, 0) is 0 Å². The molecule has 0 bridgehead atoms. The van der Waals surface area contributed by atoms with E-state index in [-0.39, 0.29) is 119 Å². The average Bonchev–Trinajstić information content (AvgIpc) is 1.00. The topological polar surface area (TPSA) is 0 Å². The molecule has 0 nitrogen and oxygen atoms in total. The molecule has 0 aromatic heterocycles. The Morgan fingerprint density at radius 3 is 0.167 bits per heavy atom. The highest BCUT2D eigenvalue weighted by atomic mass is 80.9. The van der Waals surface area contributed by atoms with Crippen molar-refractivity contribution in [2.24, 2.45) is 0 Å². The molecule has 0 amide bonds. The Morgan fingerprint density at radius 1 is 0.167 bits per heavy atom. The van der Waals surface area contributed by atoms with E-state index in [4.69, 9.17) is 0 Å². The molecule has 0 saturated heterocycles. The largest absolute Gasteiger partial charge is 0.0776 e. The van der Waals surface area contributed by atoms with Gasteiger partial charge in [0.1, 0.15) is 0 Å². The fourth-order valence-electron chi connectivity index (χ4n) is 0. The molecule has 0 rings (SSSR count). The van der Waals surface area contributed by atoms with Crippen molar-refractivity contribution < 1.29 is 0 Å². The van der Waals surface area contributed by atoms with Crippen molar-refractivity contribution in [3.63, 3.8) is 0 Å². The van der Waals surface area contributed by atoms with Gasteiger partial charge >= 0.3 is 0 Å². The van der Waals surface area contributed by atoms with Crippen LogP contribution in [0.25, 0.3) is 0 Å². The molecule has 0 fully saturated rings. The van der Waals surface area contributed by atoms with E-state index in [1.165, 1.54) is 0 Å². The lowest BCUT2D eigenvalue weighted by Crippen LogP contribution is -0.154. The van der Waals surface area contributed by atoms with E-state index in [2.05, 4.69) is 28.3 Å². The third-order valence-electron chi connectivity index (χ3n) is 0. The summed E-state index contributed by atoms with van der Waals surface area (Å²) in [6, 6.07) is 0. The molecule has 0 spiro atoms. The zero-order valence-corrected chi connectivity index (χ0v) is 3.93. The first kappa shape index (κ1) is 1590. The molecule has 0 unspecified atom stereocenters. The van der Waals surface area contributed by atoms with Gasteiger partial charge in [-0.15, -0.1) is 0 Å². The van der Waals surface area contributed by atoms with E-state index >= 15 is 0 Å². The van der Waals surface area contributed by atoms with Crippen molar-refractivity contribution in [2.75, 3.05) is 0 Å². The Bertz CT molecular complexity index is 9.06. The Balaban J connectivity index is -0.0000000000417. The van der Waals surface area contributed by atoms with Crippen LogP contribution in [0.2, 0.25) is 0 Å². The molecule has 0 atom stereocenters. The first-order valence-corrected chi connectivity index (χ1v) is 3.86. The molecular weight excluding hydrogens is 352 g/mol. The van der Waals surface area contributed by atoms with Crippen molar-refractivity contribution in [1.82, 2.24) is 0 Å². The number of hydrogen-bond acceptors (Lipinski definition) is 0. The second-order valence-corrected chi connectivity index (χ2v) is 0. The van der Waals surface area contributed by atoms with E-state index < -0.39 is 0 Å². The standard InChI is InChI=1S/16CH4.Br2/c;;;;;;;;;;;;;;;;1-2/h16*1H4;. The fourth-order valence-corrected chi connectivity index (χ4v) is 0. The van der Waals surface area contributed by atoms with Crippen molar-refractivity contribution >= 4 is 28.3 Å². The lowest BCUT2D eigenvalue weighted by Gasteiger charge is -1.00. The van der Waals surface area contributed by atoms with Crippen molar-refractivity contribution in [3.8, 4) is 0 Å². The first-order chi connectivity index (χ1) is 1.00. The van der Waals surface area contributed by atoms with Gasteiger partial charge in [-0.1, -0.05) is 119 Å². The Kier molecular flexibility index (Phi) is 496000. The van der Waals surface area contributed by atoms with E-state index in [1.54, 1.807) is 0 Å². The third kappa shape index (κ3) is 4690. The van der Waals surface area contributed by atoms with Crippen LogP contribution in [0.1, 0.15) is 119 Å². The van der Waals surface area contributed by atoms with E-state index in [0.29, 0.717) is 0 Å². The summed E-state index contributed by atoms with van der Waals surface area (Å²) < 4.78 is 0. The lowest BCUT2D eigenvalue weighted by atomic mass is 12.0. The van der Waals surface area contributed by atoms with Crippen LogP contribution in [0.15, 0.2) is 0 Å². The van der Waals surface area contributed by atoms with Crippen LogP contribution >= 0.6 is 28.3 Å². The summed E-state index contributed by atoms with van der Waals surface area (Å²) in [4.78, 5) is 0. The zero-order chi connectivity index (χ0) is 2.00. The molecule has 2 heteroatoms. The maximum Gasteiger partial charge on any atom is 0 e.